The summed E-state index contributed by atoms with van der Waals surface area (Å²) in [6.45, 7) is 7.18. The van der Waals surface area contributed by atoms with E-state index in [1.807, 2.05) is 12.1 Å². The van der Waals surface area contributed by atoms with Gasteiger partial charge in [0.25, 0.3) is 0 Å². The smallest absolute Gasteiger partial charge is 0.197 e. The summed E-state index contributed by atoms with van der Waals surface area (Å²) < 4.78 is 10.9. The van der Waals surface area contributed by atoms with E-state index < -0.39 is 0 Å². The molecule has 0 saturated carbocycles. The summed E-state index contributed by atoms with van der Waals surface area (Å²) in [5.41, 5.74) is 3.11. The third-order valence-electron chi connectivity index (χ3n) is 2.79. The van der Waals surface area contributed by atoms with Crippen LogP contribution in [0.2, 0.25) is 0 Å². The summed E-state index contributed by atoms with van der Waals surface area (Å²) in [4.78, 5) is 4.48. The third-order valence-corrected chi connectivity index (χ3v) is 2.79. The van der Waals surface area contributed by atoms with Crippen LogP contribution in [0.4, 0.5) is 0 Å². The minimum Gasteiger partial charge on any atom is -0.440 e. The first kappa shape index (κ1) is 12.1. The van der Waals surface area contributed by atoms with Crippen molar-refractivity contribution in [3.05, 3.63) is 29.7 Å². The van der Waals surface area contributed by atoms with Gasteiger partial charge < -0.3 is 9.15 Å². The number of methoxy groups -OCH3 is 1. The second-order valence-electron chi connectivity index (χ2n) is 5.25. The van der Waals surface area contributed by atoms with Gasteiger partial charge in [0.05, 0.1) is 6.61 Å². The van der Waals surface area contributed by atoms with Gasteiger partial charge in [-0.1, -0.05) is 32.9 Å². The van der Waals surface area contributed by atoms with Gasteiger partial charge in [0.15, 0.2) is 11.5 Å². The molecule has 0 amide bonds. The van der Waals surface area contributed by atoms with Crippen LogP contribution < -0.4 is 0 Å². The average molecular weight is 233 g/mol. The van der Waals surface area contributed by atoms with Crippen LogP contribution in [0.3, 0.4) is 0 Å². The van der Waals surface area contributed by atoms with Gasteiger partial charge in [-0.15, -0.1) is 0 Å². The highest BCUT2D eigenvalue weighted by atomic mass is 16.5. The Balaban J connectivity index is 2.46. The number of ether oxygens (including phenoxy) is 1. The van der Waals surface area contributed by atoms with E-state index >= 15 is 0 Å². The lowest BCUT2D eigenvalue weighted by Crippen LogP contribution is -2.10. The molecule has 1 heterocycles. The minimum absolute atomic E-state index is 0.0670. The summed E-state index contributed by atoms with van der Waals surface area (Å²) in [6, 6.07) is 6.13. The van der Waals surface area contributed by atoms with Gasteiger partial charge in [-0.2, -0.15) is 0 Å². The molecule has 0 aliphatic carbocycles. The molecule has 0 spiro atoms. The zero-order valence-electron chi connectivity index (χ0n) is 10.9. The summed E-state index contributed by atoms with van der Waals surface area (Å²) >= 11 is 0. The topological polar surface area (TPSA) is 35.3 Å². The van der Waals surface area contributed by atoms with E-state index in [-0.39, 0.29) is 5.41 Å². The fourth-order valence-electron chi connectivity index (χ4n) is 1.88. The molecule has 0 fully saturated rings. The number of hydrogen-bond acceptors (Lipinski definition) is 3. The predicted molar refractivity (Wildman–Crippen MR) is 68.3 cm³/mol. The number of nitrogens with zero attached hydrogens (tertiary/aromatic N) is 1. The van der Waals surface area contributed by atoms with Crippen LogP contribution in [0.5, 0.6) is 0 Å². The summed E-state index contributed by atoms with van der Waals surface area (Å²) in [5.74, 6) is 0.749. The van der Waals surface area contributed by atoms with Gasteiger partial charge >= 0.3 is 0 Å². The number of fused-ring (bicyclic) bond motifs is 1. The molecule has 0 N–H and O–H groups in total. The van der Waals surface area contributed by atoms with Crippen molar-refractivity contribution in [3.8, 4) is 0 Å². The van der Waals surface area contributed by atoms with Crippen molar-refractivity contribution in [2.75, 3.05) is 13.7 Å². The Labute approximate surface area is 102 Å². The number of rotatable bonds is 3. The Bertz CT molecular complexity index is 508. The van der Waals surface area contributed by atoms with Crippen LogP contribution in [-0.4, -0.2) is 18.7 Å². The van der Waals surface area contributed by atoms with Crippen molar-refractivity contribution in [2.45, 2.75) is 32.6 Å². The molecule has 2 aromatic rings. The molecule has 2 rings (SSSR count). The van der Waals surface area contributed by atoms with Crippen molar-refractivity contribution in [1.82, 2.24) is 4.98 Å². The van der Waals surface area contributed by atoms with Gasteiger partial charge in [0.2, 0.25) is 0 Å². The van der Waals surface area contributed by atoms with Crippen LogP contribution in [0.15, 0.2) is 22.6 Å². The quantitative estimate of drug-likeness (QED) is 0.815. The maximum absolute atomic E-state index is 5.84. The molecule has 1 aromatic heterocycles. The Morgan fingerprint density at radius 1 is 1.29 bits per heavy atom. The lowest BCUT2D eigenvalue weighted by Gasteiger charge is -2.18. The highest BCUT2D eigenvalue weighted by molar-refractivity contribution is 5.77. The molecule has 0 bridgehead atoms. The van der Waals surface area contributed by atoms with Crippen molar-refractivity contribution in [3.63, 3.8) is 0 Å². The predicted octanol–water partition coefficient (Wildman–Crippen LogP) is 3.31. The van der Waals surface area contributed by atoms with Crippen LogP contribution in [0, 0.1) is 0 Å². The molecule has 0 atom stereocenters. The standard InChI is InChI=1S/C14H19NO2/c1-14(2,3)10-6-5-7-11-13(10)17-12(15-11)8-9-16-4/h5-7H,8-9H2,1-4H3. The van der Waals surface area contributed by atoms with Crippen LogP contribution in [0.1, 0.15) is 32.2 Å². The number of aromatic nitrogens is 1. The molecule has 0 saturated heterocycles. The van der Waals surface area contributed by atoms with Crippen molar-refractivity contribution in [1.29, 1.82) is 0 Å². The molecule has 3 nitrogen and oxygen atoms in total. The summed E-state index contributed by atoms with van der Waals surface area (Å²) in [7, 11) is 1.68. The third kappa shape index (κ3) is 2.50. The molecule has 0 aliphatic rings. The maximum atomic E-state index is 5.84. The maximum Gasteiger partial charge on any atom is 0.197 e. The molecule has 0 unspecified atom stereocenters. The summed E-state index contributed by atoms with van der Waals surface area (Å²) in [5, 5.41) is 0. The molecule has 0 radical (unpaired) electrons. The lowest BCUT2D eigenvalue weighted by atomic mass is 9.86. The first-order chi connectivity index (χ1) is 8.02. The van der Waals surface area contributed by atoms with E-state index in [2.05, 4.69) is 31.8 Å². The van der Waals surface area contributed by atoms with Crippen LogP contribution in [-0.2, 0) is 16.6 Å². The van der Waals surface area contributed by atoms with Crippen molar-refractivity contribution < 1.29 is 9.15 Å². The average Bonchev–Trinajstić information content (AvgIpc) is 2.66. The Kier molecular flexibility index (Phi) is 3.20. The molecular weight excluding hydrogens is 214 g/mol. The molecule has 3 heteroatoms. The second kappa shape index (κ2) is 4.49. The first-order valence-corrected chi connectivity index (χ1v) is 5.90. The van der Waals surface area contributed by atoms with Gasteiger partial charge in [0, 0.05) is 19.1 Å². The van der Waals surface area contributed by atoms with Crippen LogP contribution >= 0.6 is 0 Å². The Morgan fingerprint density at radius 3 is 2.71 bits per heavy atom. The van der Waals surface area contributed by atoms with Gasteiger partial charge in [-0.3, -0.25) is 0 Å². The van der Waals surface area contributed by atoms with E-state index in [9.17, 15) is 0 Å². The largest absolute Gasteiger partial charge is 0.440 e. The van der Waals surface area contributed by atoms with Gasteiger partial charge in [0.1, 0.15) is 5.52 Å². The molecular formula is C14H19NO2. The SMILES string of the molecule is COCCc1nc2cccc(C(C)(C)C)c2o1. The number of hydrogen-bond donors (Lipinski definition) is 0. The fraction of sp³-hybridized carbons (Fsp3) is 0.500. The minimum atomic E-state index is 0.0670. The second-order valence-corrected chi connectivity index (χ2v) is 5.25. The van der Waals surface area contributed by atoms with E-state index in [0.717, 1.165) is 23.4 Å². The Hall–Kier alpha value is -1.35. The van der Waals surface area contributed by atoms with E-state index in [4.69, 9.17) is 9.15 Å². The monoisotopic (exact) mass is 233 g/mol. The lowest BCUT2D eigenvalue weighted by molar-refractivity contribution is 0.195. The van der Waals surface area contributed by atoms with Crippen molar-refractivity contribution in [2.24, 2.45) is 0 Å². The van der Waals surface area contributed by atoms with Gasteiger partial charge in [-0.25, -0.2) is 4.98 Å². The fourth-order valence-corrected chi connectivity index (χ4v) is 1.88. The first-order valence-electron chi connectivity index (χ1n) is 5.90. The van der Waals surface area contributed by atoms with E-state index in [0.29, 0.717) is 6.61 Å². The highest BCUT2D eigenvalue weighted by Gasteiger charge is 2.20. The molecule has 92 valence electrons. The molecule has 17 heavy (non-hydrogen) atoms. The number of benzene rings is 1. The molecule has 1 aromatic carbocycles. The number of oxazole rings is 1. The Morgan fingerprint density at radius 2 is 2.06 bits per heavy atom. The zero-order chi connectivity index (χ0) is 12.5. The van der Waals surface area contributed by atoms with Gasteiger partial charge in [-0.05, 0) is 11.5 Å². The normalized spacial score (nSPS) is 12.2. The van der Waals surface area contributed by atoms with Crippen molar-refractivity contribution >= 4 is 11.1 Å². The van der Waals surface area contributed by atoms with E-state index in [1.54, 1.807) is 7.11 Å². The molecule has 0 aliphatic heterocycles. The highest BCUT2D eigenvalue weighted by Crippen LogP contribution is 2.30. The van der Waals surface area contributed by atoms with Crippen LogP contribution in [0.25, 0.3) is 11.1 Å². The van der Waals surface area contributed by atoms with E-state index in [1.165, 1.54) is 5.56 Å². The number of para-hydroxylation sites is 1. The zero-order valence-corrected chi connectivity index (χ0v) is 10.9. The summed E-state index contributed by atoms with van der Waals surface area (Å²) in [6.07, 6.45) is 0.717.